The lowest BCUT2D eigenvalue weighted by molar-refractivity contribution is -0.134. The predicted molar refractivity (Wildman–Crippen MR) is 116 cm³/mol. The number of nitrogens with zero attached hydrogens (tertiary/aromatic N) is 3. The molecular weight excluding hydrogens is 382 g/mol. The Morgan fingerprint density at radius 3 is 2.66 bits per heavy atom. The number of aryl methyl sites for hydroxylation is 1. The molecule has 5 nitrogen and oxygen atoms in total. The van der Waals surface area contributed by atoms with E-state index in [9.17, 15) is 4.79 Å². The molecule has 1 saturated heterocycles. The van der Waals surface area contributed by atoms with Crippen LogP contribution in [-0.4, -0.2) is 46.7 Å². The van der Waals surface area contributed by atoms with Crippen LogP contribution in [0.15, 0.2) is 41.8 Å². The van der Waals surface area contributed by atoms with Crippen molar-refractivity contribution in [1.29, 1.82) is 0 Å². The van der Waals surface area contributed by atoms with Crippen molar-refractivity contribution in [3.8, 4) is 11.3 Å². The Balaban J connectivity index is 1.54. The zero-order valence-corrected chi connectivity index (χ0v) is 18.0. The summed E-state index contributed by atoms with van der Waals surface area (Å²) in [7, 11) is 0. The third-order valence-electron chi connectivity index (χ3n) is 5.65. The maximum absolute atomic E-state index is 12.5. The van der Waals surface area contributed by atoms with Crippen LogP contribution in [0.4, 0.5) is 0 Å². The summed E-state index contributed by atoms with van der Waals surface area (Å²) in [6.07, 6.45) is 0.365. The van der Waals surface area contributed by atoms with E-state index in [0.29, 0.717) is 32.7 Å². The third kappa shape index (κ3) is 4.14. The van der Waals surface area contributed by atoms with E-state index >= 15 is 0 Å². The van der Waals surface area contributed by atoms with Crippen molar-refractivity contribution in [2.45, 2.75) is 33.2 Å². The van der Waals surface area contributed by atoms with Gasteiger partial charge in [-0.15, -0.1) is 11.3 Å². The number of carbonyl (C=O) groups excluding carboxylic acids is 1. The van der Waals surface area contributed by atoms with Gasteiger partial charge in [0, 0.05) is 35.4 Å². The van der Waals surface area contributed by atoms with Crippen LogP contribution >= 0.6 is 11.3 Å². The SMILES string of the molecule is Cc1cc(-c2csc(CC(=O)N3CCOCC3)n2)c(C)n1C(C)c1ccccc1. The molecule has 4 rings (SSSR count). The Morgan fingerprint density at radius 2 is 1.93 bits per heavy atom. The van der Waals surface area contributed by atoms with E-state index in [1.807, 2.05) is 11.0 Å². The quantitative estimate of drug-likeness (QED) is 0.633. The van der Waals surface area contributed by atoms with Crippen molar-refractivity contribution in [2.24, 2.45) is 0 Å². The maximum atomic E-state index is 12.5. The Labute approximate surface area is 176 Å². The van der Waals surface area contributed by atoms with Crippen molar-refractivity contribution in [1.82, 2.24) is 14.5 Å². The van der Waals surface area contributed by atoms with Crippen LogP contribution in [0.2, 0.25) is 0 Å². The smallest absolute Gasteiger partial charge is 0.229 e. The molecule has 1 aromatic carbocycles. The highest BCUT2D eigenvalue weighted by molar-refractivity contribution is 7.10. The van der Waals surface area contributed by atoms with Gasteiger partial charge in [-0.2, -0.15) is 0 Å². The number of ether oxygens (including phenoxy) is 1. The molecule has 6 heteroatoms. The number of rotatable bonds is 5. The molecular formula is C23H27N3O2S. The minimum Gasteiger partial charge on any atom is -0.378 e. The molecule has 1 unspecified atom stereocenters. The molecule has 0 spiro atoms. The average molecular weight is 410 g/mol. The monoisotopic (exact) mass is 409 g/mol. The first-order valence-electron chi connectivity index (χ1n) is 10.1. The number of hydrogen-bond donors (Lipinski definition) is 0. The van der Waals surface area contributed by atoms with Crippen LogP contribution in [0, 0.1) is 13.8 Å². The summed E-state index contributed by atoms with van der Waals surface area (Å²) in [5.74, 6) is 0.136. The van der Waals surface area contributed by atoms with Gasteiger partial charge in [0.2, 0.25) is 5.91 Å². The fourth-order valence-corrected chi connectivity index (χ4v) is 4.87. The lowest BCUT2D eigenvalue weighted by atomic mass is 10.1. The van der Waals surface area contributed by atoms with Crippen molar-refractivity contribution in [3.63, 3.8) is 0 Å². The zero-order valence-electron chi connectivity index (χ0n) is 17.2. The second kappa shape index (κ2) is 8.51. The van der Waals surface area contributed by atoms with Gasteiger partial charge in [-0.3, -0.25) is 4.79 Å². The van der Waals surface area contributed by atoms with Gasteiger partial charge in [0.1, 0.15) is 5.01 Å². The molecule has 2 aromatic heterocycles. The standard InChI is InChI=1S/C23H27N3O2S/c1-16-13-20(18(3)26(16)17(2)19-7-5-4-6-8-19)21-15-29-22(24-21)14-23(27)25-9-11-28-12-10-25/h4-8,13,15,17H,9-12,14H2,1-3H3. The number of aromatic nitrogens is 2. The Bertz CT molecular complexity index is 987. The molecule has 0 N–H and O–H groups in total. The molecule has 0 saturated carbocycles. The van der Waals surface area contributed by atoms with E-state index < -0.39 is 0 Å². The Kier molecular flexibility index (Phi) is 5.83. The van der Waals surface area contributed by atoms with E-state index in [2.05, 4.69) is 61.1 Å². The number of carbonyl (C=O) groups is 1. The molecule has 29 heavy (non-hydrogen) atoms. The number of amides is 1. The average Bonchev–Trinajstić information content (AvgIpc) is 3.32. The number of benzene rings is 1. The van der Waals surface area contributed by atoms with Gasteiger partial charge < -0.3 is 14.2 Å². The van der Waals surface area contributed by atoms with E-state index in [4.69, 9.17) is 9.72 Å². The van der Waals surface area contributed by atoms with Crippen molar-refractivity contribution in [2.75, 3.05) is 26.3 Å². The second-order valence-corrected chi connectivity index (χ2v) is 8.48. The first-order chi connectivity index (χ1) is 14.0. The van der Waals surface area contributed by atoms with Crippen molar-refractivity contribution >= 4 is 17.2 Å². The summed E-state index contributed by atoms with van der Waals surface area (Å²) in [5.41, 5.74) is 5.81. The van der Waals surface area contributed by atoms with Crippen molar-refractivity contribution < 1.29 is 9.53 Å². The van der Waals surface area contributed by atoms with Crippen LogP contribution in [-0.2, 0) is 16.0 Å². The van der Waals surface area contributed by atoms with Crippen LogP contribution in [0.5, 0.6) is 0 Å². The first kappa shape index (κ1) is 19.9. The minimum atomic E-state index is 0.136. The van der Waals surface area contributed by atoms with Gasteiger partial charge in [0.05, 0.1) is 31.4 Å². The molecule has 0 radical (unpaired) electrons. The molecule has 1 aliphatic heterocycles. The normalized spacial score (nSPS) is 15.5. The topological polar surface area (TPSA) is 47.4 Å². The fraction of sp³-hybridized carbons (Fsp3) is 0.391. The lowest BCUT2D eigenvalue weighted by Crippen LogP contribution is -2.41. The molecule has 3 heterocycles. The number of hydrogen-bond acceptors (Lipinski definition) is 4. The number of thiazole rings is 1. The molecule has 152 valence electrons. The van der Waals surface area contributed by atoms with Crippen LogP contribution < -0.4 is 0 Å². The van der Waals surface area contributed by atoms with Crippen LogP contribution in [0.3, 0.4) is 0 Å². The summed E-state index contributed by atoms with van der Waals surface area (Å²) in [6.45, 7) is 9.13. The van der Waals surface area contributed by atoms with Crippen molar-refractivity contribution in [3.05, 3.63) is 63.7 Å². The summed E-state index contributed by atoms with van der Waals surface area (Å²) >= 11 is 1.57. The van der Waals surface area contributed by atoms with E-state index in [0.717, 1.165) is 16.3 Å². The molecule has 3 aromatic rings. The Morgan fingerprint density at radius 1 is 1.21 bits per heavy atom. The highest BCUT2D eigenvalue weighted by Crippen LogP contribution is 2.32. The summed E-state index contributed by atoms with van der Waals surface area (Å²) in [4.78, 5) is 19.2. The van der Waals surface area contributed by atoms with Gasteiger partial charge in [-0.1, -0.05) is 30.3 Å². The highest BCUT2D eigenvalue weighted by atomic mass is 32.1. The van der Waals surface area contributed by atoms with E-state index in [1.54, 1.807) is 11.3 Å². The Hall–Kier alpha value is -2.44. The third-order valence-corrected chi connectivity index (χ3v) is 6.50. The molecule has 0 bridgehead atoms. The van der Waals surface area contributed by atoms with Gasteiger partial charge in [-0.25, -0.2) is 4.98 Å². The minimum absolute atomic E-state index is 0.136. The van der Waals surface area contributed by atoms with Crippen LogP contribution in [0.1, 0.15) is 34.9 Å². The molecule has 1 aliphatic rings. The summed E-state index contributed by atoms with van der Waals surface area (Å²) in [6, 6.07) is 13.0. The molecule has 1 amide bonds. The molecule has 0 aliphatic carbocycles. The number of morpholine rings is 1. The summed E-state index contributed by atoms with van der Waals surface area (Å²) in [5, 5.41) is 2.94. The van der Waals surface area contributed by atoms with E-state index in [1.165, 1.54) is 17.0 Å². The fourth-order valence-electron chi connectivity index (χ4n) is 4.08. The second-order valence-electron chi connectivity index (χ2n) is 7.54. The molecule has 1 fully saturated rings. The zero-order chi connectivity index (χ0) is 20.4. The van der Waals surface area contributed by atoms with Gasteiger partial charge >= 0.3 is 0 Å². The van der Waals surface area contributed by atoms with E-state index in [-0.39, 0.29) is 11.9 Å². The highest BCUT2D eigenvalue weighted by Gasteiger charge is 2.21. The first-order valence-corrected chi connectivity index (χ1v) is 11.0. The van der Waals surface area contributed by atoms with Gasteiger partial charge in [-0.05, 0) is 32.4 Å². The molecule has 1 atom stereocenters. The summed E-state index contributed by atoms with van der Waals surface area (Å²) < 4.78 is 7.69. The van der Waals surface area contributed by atoms with Gasteiger partial charge in [0.25, 0.3) is 0 Å². The largest absolute Gasteiger partial charge is 0.378 e. The predicted octanol–water partition coefficient (Wildman–Crippen LogP) is 4.24. The van der Waals surface area contributed by atoms with Crippen LogP contribution in [0.25, 0.3) is 11.3 Å². The maximum Gasteiger partial charge on any atom is 0.229 e. The lowest BCUT2D eigenvalue weighted by Gasteiger charge is -2.26. The van der Waals surface area contributed by atoms with Gasteiger partial charge in [0.15, 0.2) is 0 Å².